The predicted molar refractivity (Wildman–Crippen MR) is 55.7 cm³/mol. The van der Waals surface area contributed by atoms with Crippen LogP contribution in [0.3, 0.4) is 0 Å². The molecule has 2 N–H and O–H groups in total. The van der Waals surface area contributed by atoms with E-state index in [0.29, 0.717) is 6.54 Å². The van der Waals surface area contributed by atoms with E-state index < -0.39 is 14.6 Å². The van der Waals surface area contributed by atoms with Gasteiger partial charge in [0.2, 0.25) is 0 Å². The smallest absolute Gasteiger partial charge is 0.153 e. The zero-order chi connectivity index (χ0) is 10.5. The van der Waals surface area contributed by atoms with Gasteiger partial charge in [-0.1, -0.05) is 0 Å². The molecule has 13 heavy (non-hydrogen) atoms. The van der Waals surface area contributed by atoms with Crippen LogP contribution in [0.4, 0.5) is 0 Å². The third-order valence-electron chi connectivity index (χ3n) is 2.11. The zero-order valence-electron chi connectivity index (χ0n) is 8.85. The molecule has 0 heterocycles. The lowest BCUT2D eigenvalue weighted by atomic mass is 10.2. The fourth-order valence-corrected chi connectivity index (χ4v) is 1.10. The van der Waals surface area contributed by atoms with Crippen molar-refractivity contribution in [1.29, 1.82) is 0 Å². The molecule has 4 nitrogen and oxygen atoms in total. The average Bonchev–Trinajstić information content (AvgIpc) is 1.96. The Bertz CT molecular complexity index is 235. The molecule has 0 atom stereocenters. The Labute approximate surface area is 81.0 Å². The van der Waals surface area contributed by atoms with Crippen LogP contribution >= 0.6 is 0 Å². The molecule has 0 bridgehead atoms. The van der Waals surface area contributed by atoms with E-state index in [9.17, 15) is 8.42 Å². The molecule has 0 spiro atoms. The van der Waals surface area contributed by atoms with E-state index in [1.54, 1.807) is 13.8 Å². The van der Waals surface area contributed by atoms with Crippen molar-refractivity contribution in [2.24, 2.45) is 0 Å². The maximum absolute atomic E-state index is 11.3. The van der Waals surface area contributed by atoms with Gasteiger partial charge in [0.05, 0.1) is 4.75 Å². The summed E-state index contributed by atoms with van der Waals surface area (Å²) in [5.74, 6) is 0. The summed E-state index contributed by atoms with van der Waals surface area (Å²) in [7, 11) is -1.11. The maximum Gasteiger partial charge on any atom is 0.153 e. The number of sulfone groups is 1. The lowest BCUT2D eigenvalue weighted by Crippen LogP contribution is -2.43. The standard InChI is InChI=1S/C8H20N2O2S/c1-8(2,13(4,11)12)7-10-6-5-9-3/h9-10H,5-7H2,1-4H3. The van der Waals surface area contributed by atoms with Gasteiger partial charge in [-0.3, -0.25) is 0 Å². The molecule has 0 aromatic rings. The summed E-state index contributed by atoms with van der Waals surface area (Å²) < 4.78 is 21.8. The third kappa shape index (κ3) is 4.59. The van der Waals surface area contributed by atoms with Gasteiger partial charge in [-0.05, 0) is 20.9 Å². The first-order valence-electron chi connectivity index (χ1n) is 4.36. The van der Waals surface area contributed by atoms with Crippen LogP contribution in [0.1, 0.15) is 13.8 Å². The number of likely N-dealkylation sites (N-methyl/N-ethyl adjacent to an activating group) is 1. The van der Waals surface area contributed by atoms with Gasteiger partial charge in [0.1, 0.15) is 0 Å². The molecule has 0 aliphatic carbocycles. The zero-order valence-corrected chi connectivity index (χ0v) is 9.66. The van der Waals surface area contributed by atoms with Gasteiger partial charge in [-0.2, -0.15) is 0 Å². The summed E-state index contributed by atoms with van der Waals surface area (Å²) in [5.41, 5.74) is 0. The van der Waals surface area contributed by atoms with Crippen LogP contribution in [-0.4, -0.2) is 46.1 Å². The second-order valence-corrected chi connectivity index (χ2v) is 6.46. The molecule has 0 aliphatic rings. The average molecular weight is 208 g/mol. The third-order valence-corrected chi connectivity index (χ3v) is 4.26. The molecule has 0 aliphatic heterocycles. The Morgan fingerprint density at radius 2 is 1.77 bits per heavy atom. The molecule has 0 unspecified atom stereocenters. The first-order chi connectivity index (χ1) is 5.81. The minimum Gasteiger partial charge on any atom is -0.318 e. The number of rotatable bonds is 6. The van der Waals surface area contributed by atoms with E-state index in [-0.39, 0.29) is 0 Å². The van der Waals surface area contributed by atoms with Gasteiger partial charge in [-0.25, -0.2) is 8.42 Å². The van der Waals surface area contributed by atoms with Crippen molar-refractivity contribution < 1.29 is 8.42 Å². The van der Waals surface area contributed by atoms with E-state index in [0.717, 1.165) is 13.1 Å². The Hall–Kier alpha value is -0.130. The van der Waals surface area contributed by atoms with Crippen molar-refractivity contribution in [3.8, 4) is 0 Å². The topological polar surface area (TPSA) is 58.2 Å². The molecule has 0 fully saturated rings. The quantitative estimate of drug-likeness (QED) is 0.584. The van der Waals surface area contributed by atoms with E-state index in [2.05, 4.69) is 10.6 Å². The van der Waals surface area contributed by atoms with Crippen LogP contribution < -0.4 is 10.6 Å². The molecular weight excluding hydrogens is 188 g/mol. The first kappa shape index (κ1) is 12.9. The Morgan fingerprint density at radius 3 is 2.15 bits per heavy atom. The van der Waals surface area contributed by atoms with Crippen molar-refractivity contribution in [3.05, 3.63) is 0 Å². The van der Waals surface area contributed by atoms with Gasteiger partial charge >= 0.3 is 0 Å². The highest BCUT2D eigenvalue weighted by Gasteiger charge is 2.29. The lowest BCUT2D eigenvalue weighted by molar-refractivity contribution is 0.519. The number of nitrogens with one attached hydrogen (secondary N) is 2. The normalized spacial score (nSPS) is 13.2. The highest BCUT2D eigenvalue weighted by atomic mass is 32.2. The molecule has 0 radical (unpaired) electrons. The second-order valence-electron chi connectivity index (χ2n) is 3.81. The van der Waals surface area contributed by atoms with E-state index in [1.807, 2.05) is 7.05 Å². The largest absolute Gasteiger partial charge is 0.318 e. The second kappa shape index (κ2) is 4.93. The van der Waals surface area contributed by atoms with Gasteiger partial charge in [-0.15, -0.1) is 0 Å². The first-order valence-corrected chi connectivity index (χ1v) is 6.25. The molecule has 0 saturated carbocycles. The maximum atomic E-state index is 11.3. The summed E-state index contributed by atoms with van der Waals surface area (Å²) in [6.07, 6.45) is 1.27. The molecule has 0 aromatic heterocycles. The van der Waals surface area contributed by atoms with Gasteiger partial charge in [0.15, 0.2) is 9.84 Å². The minimum atomic E-state index is -2.97. The van der Waals surface area contributed by atoms with Crippen molar-refractivity contribution >= 4 is 9.84 Å². The van der Waals surface area contributed by atoms with Gasteiger partial charge in [0, 0.05) is 25.9 Å². The molecule has 0 saturated heterocycles. The lowest BCUT2D eigenvalue weighted by Gasteiger charge is -2.22. The summed E-state index contributed by atoms with van der Waals surface area (Å²) in [4.78, 5) is 0. The minimum absolute atomic E-state index is 0.494. The van der Waals surface area contributed by atoms with Crippen molar-refractivity contribution in [2.75, 3.05) is 32.9 Å². The molecule has 5 heteroatoms. The Morgan fingerprint density at radius 1 is 1.23 bits per heavy atom. The molecule has 0 rings (SSSR count). The highest BCUT2D eigenvalue weighted by molar-refractivity contribution is 7.92. The van der Waals surface area contributed by atoms with E-state index in [4.69, 9.17) is 0 Å². The van der Waals surface area contributed by atoms with Crippen molar-refractivity contribution in [2.45, 2.75) is 18.6 Å². The van der Waals surface area contributed by atoms with Crippen molar-refractivity contribution in [1.82, 2.24) is 10.6 Å². The van der Waals surface area contributed by atoms with Gasteiger partial charge < -0.3 is 10.6 Å². The van der Waals surface area contributed by atoms with Crippen LogP contribution in [0.5, 0.6) is 0 Å². The number of hydrogen-bond acceptors (Lipinski definition) is 4. The number of hydrogen-bond donors (Lipinski definition) is 2. The monoisotopic (exact) mass is 208 g/mol. The predicted octanol–water partition coefficient (Wildman–Crippen LogP) is -0.381. The van der Waals surface area contributed by atoms with Crippen LogP contribution in [0.15, 0.2) is 0 Å². The molecular formula is C8H20N2O2S. The van der Waals surface area contributed by atoms with Gasteiger partial charge in [0.25, 0.3) is 0 Å². The molecule has 0 aromatic carbocycles. The Kier molecular flexibility index (Phi) is 4.88. The fourth-order valence-electron chi connectivity index (χ4n) is 0.734. The summed E-state index contributed by atoms with van der Waals surface area (Å²) in [6.45, 7) is 5.59. The van der Waals surface area contributed by atoms with Crippen LogP contribution in [0, 0.1) is 0 Å². The van der Waals surface area contributed by atoms with Crippen LogP contribution in [0.25, 0.3) is 0 Å². The van der Waals surface area contributed by atoms with E-state index >= 15 is 0 Å². The van der Waals surface area contributed by atoms with Crippen molar-refractivity contribution in [3.63, 3.8) is 0 Å². The van der Waals surface area contributed by atoms with Crippen LogP contribution in [-0.2, 0) is 9.84 Å². The summed E-state index contributed by atoms with van der Waals surface area (Å²) in [5, 5.41) is 6.07. The molecule has 80 valence electrons. The van der Waals surface area contributed by atoms with Crippen LogP contribution in [0.2, 0.25) is 0 Å². The molecule has 0 amide bonds. The summed E-state index contributed by atoms with van der Waals surface area (Å²) >= 11 is 0. The fraction of sp³-hybridized carbons (Fsp3) is 1.00. The highest BCUT2D eigenvalue weighted by Crippen LogP contribution is 2.12. The Balaban J connectivity index is 3.91. The SMILES string of the molecule is CNCCNCC(C)(C)S(C)(=O)=O. The summed E-state index contributed by atoms with van der Waals surface area (Å²) in [6, 6.07) is 0. The van der Waals surface area contributed by atoms with E-state index in [1.165, 1.54) is 6.26 Å².